The van der Waals surface area contributed by atoms with Crippen LogP contribution in [0.3, 0.4) is 0 Å². The van der Waals surface area contributed by atoms with Gasteiger partial charge < -0.3 is 14.7 Å². The molecule has 2 aromatic carbocycles. The maximum absolute atomic E-state index is 13.4. The molecule has 0 aromatic heterocycles. The number of ether oxygens (including phenoxy) is 1. The van der Waals surface area contributed by atoms with E-state index in [1.165, 1.54) is 18.9 Å². The molecule has 6 heteroatoms. The SMILES string of the molecule is COC(=O)C1CC(C)(C(=O)O)N(C(=O)c2ccccc2)C1c1ccc(C)cc1. The number of rotatable bonds is 4. The van der Waals surface area contributed by atoms with Crippen LogP contribution in [0.4, 0.5) is 0 Å². The van der Waals surface area contributed by atoms with Gasteiger partial charge in [-0.1, -0.05) is 48.0 Å². The van der Waals surface area contributed by atoms with Gasteiger partial charge in [-0.25, -0.2) is 4.79 Å². The summed E-state index contributed by atoms with van der Waals surface area (Å²) < 4.78 is 4.95. The largest absolute Gasteiger partial charge is 0.480 e. The first kappa shape index (κ1) is 19.6. The van der Waals surface area contributed by atoms with Crippen LogP contribution in [0.2, 0.25) is 0 Å². The Labute approximate surface area is 163 Å². The van der Waals surface area contributed by atoms with Crippen LogP contribution in [0.25, 0.3) is 0 Å². The predicted molar refractivity (Wildman–Crippen MR) is 103 cm³/mol. The monoisotopic (exact) mass is 381 g/mol. The van der Waals surface area contributed by atoms with Crippen LogP contribution in [0, 0.1) is 12.8 Å². The van der Waals surface area contributed by atoms with Crippen molar-refractivity contribution < 1.29 is 24.2 Å². The maximum Gasteiger partial charge on any atom is 0.329 e. The second kappa shape index (κ2) is 7.46. The Bertz CT molecular complexity index is 893. The molecule has 3 unspecified atom stereocenters. The first-order chi connectivity index (χ1) is 13.3. The number of aryl methyl sites for hydroxylation is 1. The van der Waals surface area contributed by atoms with Gasteiger partial charge in [0.25, 0.3) is 5.91 Å². The first-order valence-corrected chi connectivity index (χ1v) is 9.06. The number of benzene rings is 2. The van der Waals surface area contributed by atoms with Crippen molar-refractivity contribution in [1.29, 1.82) is 0 Å². The quantitative estimate of drug-likeness (QED) is 0.822. The highest BCUT2D eigenvalue weighted by molar-refractivity contribution is 5.99. The van der Waals surface area contributed by atoms with Crippen LogP contribution < -0.4 is 0 Å². The average molecular weight is 381 g/mol. The van der Waals surface area contributed by atoms with Crippen molar-refractivity contribution in [2.24, 2.45) is 5.92 Å². The Hall–Kier alpha value is -3.15. The van der Waals surface area contributed by atoms with Gasteiger partial charge in [-0.15, -0.1) is 0 Å². The van der Waals surface area contributed by atoms with Gasteiger partial charge in [0.2, 0.25) is 0 Å². The molecule has 0 spiro atoms. The van der Waals surface area contributed by atoms with E-state index in [9.17, 15) is 19.5 Å². The summed E-state index contributed by atoms with van der Waals surface area (Å²) in [5, 5.41) is 9.97. The Balaban J connectivity index is 2.18. The molecule has 1 N–H and O–H groups in total. The van der Waals surface area contributed by atoms with E-state index >= 15 is 0 Å². The van der Waals surface area contributed by atoms with E-state index in [2.05, 4.69) is 0 Å². The van der Waals surface area contributed by atoms with E-state index in [1.54, 1.807) is 30.3 Å². The summed E-state index contributed by atoms with van der Waals surface area (Å²) in [6.07, 6.45) is -0.0217. The smallest absolute Gasteiger partial charge is 0.329 e. The molecule has 3 rings (SSSR count). The highest BCUT2D eigenvalue weighted by Crippen LogP contribution is 2.48. The van der Waals surface area contributed by atoms with Crippen molar-refractivity contribution in [2.45, 2.75) is 31.8 Å². The van der Waals surface area contributed by atoms with Crippen LogP contribution in [0.1, 0.15) is 40.9 Å². The number of nitrogens with zero attached hydrogens (tertiary/aromatic N) is 1. The fourth-order valence-electron chi connectivity index (χ4n) is 3.89. The lowest BCUT2D eigenvalue weighted by atomic mass is 9.90. The summed E-state index contributed by atoms with van der Waals surface area (Å²) in [6, 6.07) is 15.2. The summed E-state index contributed by atoms with van der Waals surface area (Å²) in [5.74, 6) is -2.88. The van der Waals surface area contributed by atoms with E-state index in [-0.39, 0.29) is 6.42 Å². The fraction of sp³-hybridized carbons (Fsp3) is 0.318. The van der Waals surface area contributed by atoms with Crippen LogP contribution in [-0.2, 0) is 14.3 Å². The molecule has 6 nitrogen and oxygen atoms in total. The molecule has 0 saturated carbocycles. The highest BCUT2D eigenvalue weighted by atomic mass is 16.5. The number of carbonyl (C=O) groups excluding carboxylic acids is 2. The van der Waals surface area contributed by atoms with Gasteiger partial charge in [0.15, 0.2) is 0 Å². The number of carboxylic acids is 1. The maximum atomic E-state index is 13.4. The first-order valence-electron chi connectivity index (χ1n) is 9.06. The molecule has 2 aromatic rings. The van der Waals surface area contributed by atoms with Crippen molar-refractivity contribution in [3.05, 3.63) is 71.3 Å². The van der Waals surface area contributed by atoms with E-state index < -0.39 is 35.3 Å². The lowest BCUT2D eigenvalue weighted by Gasteiger charge is -2.36. The minimum atomic E-state index is -1.54. The topological polar surface area (TPSA) is 83.9 Å². The zero-order chi connectivity index (χ0) is 20.5. The summed E-state index contributed by atoms with van der Waals surface area (Å²) in [7, 11) is 1.27. The second-order valence-electron chi connectivity index (χ2n) is 7.31. The van der Waals surface area contributed by atoms with E-state index in [1.807, 2.05) is 31.2 Å². The Morgan fingerprint density at radius 3 is 2.21 bits per heavy atom. The molecule has 1 amide bonds. The number of aliphatic carboxylic acids is 1. The Morgan fingerprint density at radius 2 is 1.68 bits per heavy atom. The molecule has 1 aliphatic heterocycles. The number of esters is 1. The van der Waals surface area contributed by atoms with Gasteiger partial charge in [0.05, 0.1) is 19.1 Å². The van der Waals surface area contributed by atoms with Gasteiger partial charge in [0.1, 0.15) is 5.54 Å². The minimum Gasteiger partial charge on any atom is -0.480 e. The Kier molecular flexibility index (Phi) is 5.23. The molecule has 1 aliphatic rings. The summed E-state index contributed by atoms with van der Waals surface area (Å²) in [5.41, 5.74) is 0.563. The normalized spacial score (nSPS) is 24.0. The second-order valence-corrected chi connectivity index (χ2v) is 7.31. The van der Waals surface area contributed by atoms with Gasteiger partial charge in [-0.3, -0.25) is 9.59 Å². The molecular weight excluding hydrogens is 358 g/mol. The van der Waals surface area contributed by atoms with Crippen LogP contribution in [0.15, 0.2) is 54.6 Å². The number of methoxy groups -OCH3 is 1. The van der Waals surface area contributed by atoms with Crippen molar-refractivity contribution in [3.63, 3.8) is 0 Å². The van der Waals surface area contributed by atoms with Crippen LogP contribution >= 0.6 is 0 Å². The molecule has 3 atom stereocenters. The third-order valence-corrected chi connectivity index (χ3v) is 5.43. The standard InChI is InChI=1S/C22H23NO5/c1-14-9-11-15(12-10-14)18-17(20(25)28-3)13-22(2,21(26)27)23(18)19(24)16-7-5-4-6-8-16/h4-12,17-18H,13H2,1-3H3,(H,26,27). The summed E-state index contributed by atoms with van der Waals surface area (Å²) in [4.78, 5) is 39.5. The van der Waals surface area contributed by atoms with Crippen molar-refractivity contribution >= 4 is 17.8 Å². The van der Waals surface area contributed by atoms with Gasteiger partial charge >= 0.3 is 11.9 Å². The molecule has 0 radical (unpaired) electrons. The highest BCUT2D eigenvalue weighted by Gasteiger charge is 2.58. The van der Waals surface area contributed by atoms with E-state index in [4.69, 9.17) is 4.74 Å². The molecule has 0 bridgehead atoms. The number of hydrogen-bond donors (Lipinski definition) is 1. The zero-order valence-electron chi connectivity index (χ0n) is 16.1. The molecule has 1 heterocycles. The summed E-state index contributed by atoms with van der Waals surface area (Å²) >= 11 is 0. The minimum absolute atomic E-state index is 0.0217. The zero-order valence-corrected chi connectivity index (χ0v) is 16.1. The van der Waals surface area contributed by atoms with Crippen molar-refractivity contribution in [2.75, 3.05) is 7.11 Å². The average Bonchev–Trinajstić information content (AvgIpc) is 3.02. The molecule has 28 heavy (non-hydrogen) atoms. The molecule has 1 fully saturated rings. The third-order valence-electron chi connectivity index (χ3n) is 5.43. The number of hydrogen-bond acceptors (Lipinski definition) is 4. The van der Waals surface area contributed by atoms with Crippen LogP contribution in [0.5, 0.6) is 0 Å². The fourth-order valence-corrected chi connectivity index (χ4v) is 3.89. The predicted octanol–water partition coefficient (Wildman–Crippen LogP) is 3.21. The van der Waals surface area contributed by atoms with E-state index in [0.717, 1.165) is 5.56 Å². The molecule has 146 valence electrons. The lowest BCUT2D eigenvalue weighted by Crippen LogP contribution is -2.51. The van der Waals surface area contributed by atoms with Gasteiger partial charge in [-0.05, 0) is 38.0 Å². The number of carboxylic acid groups (broad SMARTS) is 1. The van der Waals surface area contributed by atoms with Gasteiger partial charge in [-0.2, -0.15) is 0 Å². The lowest BCUT2D eigenvalue weighted by molar-refractivity contribution is -0.147. The Morgan fingerprint density at radius 1 is 1.07 bits per heavy atom. The molecule has 1 saturated heterocycles. The molecular formula is C22H23NO5. The van der Waals surface area contributed by atoms with Crippen LogP contribution in [-0.4, -0.2) is 40.5 Å². The van der Waals surface area contributed by atoms with E-state index in [0.29, 0.717) is 11.1 Å². The summed E-state index contributed by atoms with van der Waals surface area (Å²) in [6.45, 7) is 3.42. The third kappa shape index (κ3) is 3.26. The molecule has 0 aliphatic carbocycles. The number of likely N-dealkylation sites (tertiary alicyclic amines) is 1. The van der Waals surface area contributed by atoms with Gasteiger partial charge in [0, 0.05) is 5.56 Å². The van der Waals surface area contributed by atoms with Crippen molar-refractivity contribution in [3.8, 4) is 0 Å². The van der Waals surface area contributed by atoms with Crippen molar-refractivity contribution in [1.82, 2.24) is 4.90 Å². The number of carbonyl (C=O) groups is 3. The number of amides is 1.